The van der Waals surface area contributed by atoms with Crippen molar-refractivity contribution in [3.63, 3.8) is 0 Å². The van der Waals surface area contributed by atoms with Gasteiger partial charge in [-0.2, -0.15) is 0 Å². The summed E-state index contributed by atoms with van der Waals surface area (Å²) in [6.07, 6.45) is 19.5. The number of aliphatic hydroxyl groups excluding tert-OH is 2. The second-order valence-electron chi connectivity index (χ2n) is 21.2. The number of aldehydes is 1. The Kier molecular flexibility index (Phi) is 21.8. The zero-order chi connectivity index (χ0) is 56.3. The molecule has 4 aromatic rings. The molecule has 0 spiro atoms. The highest BCUT2D eigenvalue weighted by Gasteiger charge is 2.66. The number of fused-ring (bicyclic) bond motifs is 3. The van der Waals surface area contributed by atoms with Crippen molar-refractivity contribution >= 4 is 23.8 Å². The van der Waals surface area contributed by atoms with Gasteiger partial charge in [-0.15, -0.1) is 6.58 Å². The molecule has 8 rings (SSSR count). The number of non-ortho nitro benzene ring substituents is 1. The molecule has 4 aliphatic rings. The molecule has 1 saturated carbocycles. The van der Waals surface area contributed by atoms with Gasteiger partial charge in [-0.25, -0.2) is 4.79 Å². The van der Waals surface area contributed by atoms with E-state index < -0.39 is 28.8 Å². The molecule has 2 aliphatic carbocycles. The molecule has 0 saturated heterocycles. The smallest absolute Gasteiger partial charge is 0.410 e. The summed E-state index contributed by atoms with van der Waals surface area (Å²) in [6.45, 7) is 6.75. The molecule has 430 valence electrons. The van der Waals surface area contributed by atoms with E-state index in [1.807, 2.05) is 36.4 Å². The molecule has 6 atom stereocenters. The van der Waals surface area contributed by atoms with Crippen LogP contribution in [0, 0.1) is 27.9 Å². The predicted molar refractivity (Wildman–Crippen MR) is 303 cm³/mol. The SMILES string of the molecule is C=CCO[C@@]12Oc3ccc(Oc4ccc(OC)c(C=O)c4)cc3[C@H]3[C@H](CCCCO)[C@@H](CCCCO)C=C(C(=NOCc4ccc([N+](=O)[O-])cc4)C[C@@H]1N(Cc1ccc4c(c1)OCO4)C(=O)OCCCCCCCCCCCC)[C@H]32. The number of nitro groups is 1. The standard InChI is InChI=1S/C63H79N3O14/c1-4-6-7-8-9-10-11-12-13-18-34-74-62(70)65(40-45-23-28-57-58(35-45)76-43-75-57)59-39-54(64-78-42-44-21-24-48(25-22-44)66(71)72)52-37-46(19-14-16-31-67)51(20-15-17-32-68)60-53-38-50(79-49-26-29-55(73-3)47(36-49)41-69)27-30-56(53)80-63(59,61(52)60)77-33-5-2/h5,21-30,35-38,41,46,51,59-61,67-68H,2,4,6-20,31-34,39-40,42-43H2,1,3H3/t46-,51+,59-,60+,61+,63+/m0/s1. The van der Waals surface area contributed by atoms with Crippen LogP contribution in [0.1, 0.15) is 149 Å². The van der Waals surface area contributed by atoms with Crippen LogP contribution in [0.25, 0.3) is 0 Å². The van der Waals surface area contributed by atoms with E-state index in [0.717, 1.165) is 55.1 Å². The third kappa shape index (κ3) is 14.5. The summed E-state index contributed by atoms with van der Waals surface area (Å²) in [4.78, 5) is 46.5. The minimum Gasteiger partial charge on any atom is -0.496 e. The highest BCUT2D eigenvalue weighted by atomic mass is 16.7. The Morgan fingerprint density at radius 2 is 1.52 bits per heavy atom. The third-order valence-corrected chi connectivity index (χ3v) is 15.9. The van der Waals surface area contributed by atoms with Crippen LogP contribution in [0.5, 0.6) is 34.5 Å². The van der Waals surface area contributed by atoms with E-state index in [2.05, 4.69) is 19.6 Å². The summed E-state index contributed by atoms with van der Waals surface area (Å²) in [6, 6.07) is 21.5. The first kappa shape index (κ1) is 59.2. The number of allylic oxidation sites excluding steroid dienone is 1. The Balaban J connectivity index is 1.25. The molecule has 2 N–H and O–H groups in total. The average Bonchev–Trinajstić information content (AvgIpc) is 3.72. The second-order valence-corrected chi connectivity index (χ2v) is 21.2. The van der Waals surface area contributed by atoms with E-state index >= 15 is 4.79 Å². The first-order valence-electron chi connectivity index (χ1n) is 28.7. The van der Waals surface area contributed by atoms with E-state index in [4.69, 9.17) is 43.2 Å². The molecule has 80 heavy (non-hydrogen) atoms. The molecule has 4 aromatic carbocycles. The molecule has 17 nitrogen and oxygen atoms in total. The normalized spacial score (nSPS) is 20.9. The molecular weight excluding hydrogens is 1020 g/mol. The minimum atomic E-state index is -1.61. The van der Waals surface area contributed by atoms with Crippen molar-refractivity contribution in [3.05, 3.63) is 136 Å². The topological polar surface area (TPSA) is 207 Å². The van der Waals surface area contributed by atoms with Gasteiger partial charge in [0.1, 0.15) is 35.6 Å². The first-order chi connectivity index (χ1) is 39.1. The molecule has 0 radical (unpaired) electrons. The Hall–Kier alpha value is -6.95. The van der Waals surface area contributed by atoms with Gasteiger partial charge in [0.2, 0.25) is 12.6 Å². The molecule has 2 aliphatic heterocycles. The Labute approximate surface area is 470 Å². The lowest BCUT2D eigenvalue weighted by Gasteiger charge is -2.59. The fourth-order valence-electron chi connectivity index (χ4n) is 12.0. The highest BCUT2D eigenvalue weighted by molar-refractivity contribution is 6.03. The number of aliphatic hydroxyl groups is 2. The van der Waals surface area contributed by atoms with Crippen LogP contribution < -0.4 is 23.7 Å². The number of nitro benzene ring substituents is 1. The van der Waals surface area contributed by atoms with E-state index in [1.54, 1.807) is 41.3 Å². The van der Waals surface area contributed by atoms with Crippen LogP contribution >= 0.6 is 0 Å². The van der Waals surface area contributed by atoms with Crippen molar-refractivity contribution in [2.75, 3.05) is 40.3 Å². The van der Waals surface area contributed by atoms with Crippen molar-refractivity contribution in [2.45, 2.75) is 147 Å². The van der Waals surface area contributed by atoms with Gasteiger partial charge < -0.3 is 48.2 Å². The zero-order valence-corrected chi connectivity index (χ0v) is 46.4. The Morgan fingerprint density at radius 1 is 0.838 bits per heavy atom. The van der Waals surface area contributed by atoms with Crippen LogP contribution in [0.15, 0.2) is 108 Å². The van der Waals surface area contributed by atoms with Crippen LogP contribution in [-0.4, -0.2) is 90.3 Å². The first-order valence-corrected chi connectivity index (χ1v) is 28.7. The number of methoxy groups -OCH3 is 1. The van der Waals surface area contributed by atoms with Gasteiger partial charge in [-0.1, -0.05) is 101 Å². The quantitative estimate of drug-likeness (QED) is 0.0150. The van der Waals surface area contributed by atoms with Crippen LogP contribution in [0.2, 0.25) is 0 Å². The number of rotatable bonds is 33. The van der Waals surface area contributed by atoms with Gasteiger partial charge in [-0.3, -0.25) is 19.8 Å². The van der Waals surface area contributed by atoms with Crippen molar-refractivity contribution in [1.29, 1.82) is 0 Å². The number of hydrogen-bond acceptors (Lipinski definition) is 15. The number of oxime groups is 1. The van der Waals surface area contributed by atoms with Crippen molar-refractivity contribution in [2.24, 2.45) is 22.9 Å². The molecule has 0 unspecified atom stereocenters. The summed E-state index contributed by atoms with van der Waals surface area (Å²) in [5.74, 6) is 0.199. The summed E-state index contributed by atoms with van der Waals surface area (Å²) in [7, 11) is 1.50. The molecule has 1 amide bonds. The number of benzene rings is 4. The van der Waals surface area contributed by atoms with E-state index in [9.17, 15) is 25.1 Å². The number of ether oxygens (including phenoxy) is 7. The second kappa shape index (κ2) is 29.5. The maximum absolute atomic E-state index is 15.3. The number of amides is 1. The predicted octanol–water partition coefficient (Wildman–Crippen LogP) is 13.3. The minimum absolute atomic E-state index is 0.00558. The van der Waals surface area contributed by atoms with Crippen molar-refractivity contribution in [1.82, 2.24) is 4.90 Å². The van der Waals surface area contributed by atoms with Crippen molar-refractivity contribution < 1.29 is 62.7 Å². The molecule has 0 aromatic heterocycles. The lowest BCUT2D eigenvalue weighted by atomic mass is 9.55. The van der Waals surface area contributed by atoms with E-state index in [-0.39, 0.29) is 76.2 Å². The summed E-state index contributed by atoms with van der Waals surface area (Å²) in [5.41, 5.74) is 3.90. The lowest BCUT2D eigenvalue weighted by molar-refractivity contribution is -0.384. The number of unbranched alkanes of at least 4 members (excludes halogenated alkanes) is 11. The molecular formula is C63H79N3O14. The van der Waals surface area contributed by atoms with E-state index in [1.165, 1.54) is 57.8 Å². The molecule has 1 fully saturated rings. The maximum atomic E-state index is 15.3. The van der Waals surface area contributed by atoms with Gasteiger partial charge in [0.25, 0.3) is 5.69 Å². The van der Waals surface area contributed by atoms with Gasteiger partial charge >= 0.3 is 6.09 Å². The number of carbonyl (C=O) groups excluding carboxylic acids is 2. The van der Waals surface area contributed by atoms with Gasteiger partial charge in [0.15, 0.2) is 17.8 Å². The number of carbonyl (C=O) groups is 2. The van der Waals surface area contributed by atoms with Crippen LogP contribution in [0.4, 0.5) is 10.5 Å². The number of hydrogen-bond donors (Lipinski definition) is 2. The van der Waals surface area contributed by atoms with Crippen LogP contribution in [-0.2, 0) is 27.5 Å². The highest BCUT2D eigenvalue weighted by Crippen LogP contribution is 2.62. The summed E-state index contributed by atoms with van der Waals surface area (Å²) in [5, 5.41) is 36.8. The number of nitrogens with zero attached hydrogens (tertiary/aromatic N) is 3. The average molecular weight is 1100 g/mol. The summed E-state index contributed by atoms with van der Waals surface area (Å²) >= 11 is 0. The molecule has 17 heteroatoms. The fourth-order valence-corrected chi connectivity index (χ4v) is 12.0. The zero-order valence-electron chi connectivity index (χ0n) is 46.4. The summed E-state index contributed by atoms with van der Waals surface area (Å²) < 4.78 is 44.6. The maximum Gasteiger partial charge on any atom is 0.410 e. The Morgan fingerprint density at radius 3 is 2.24 bits per heavy atom. The van der Waals surface area contributed by atoms with Gasteiger partial charge in [0.05, 0.1) is 42.4 Å². The Bertz CT molecular complexity index is 2760. The van der Waals surface area contributed by atoms with Crippen LogP contribution in [0.3, 0.4) is 0 Å². The monoisotopic (exact) mass is 1100 g/mol. The van der Waals surface area contributed by atoms with Gasteiger partial charge in [-0.05, 0) is 121 Å². The van der Waals surface area contributed by atoms with E-state index in [0.29, 0.717) is 83.4 Å². The van der Waals surface area contributed by atoms with Crippen molar-refractivity contribution in [3.8, 4) is 34.5 Å². The van der Waals surface area contributed by atoms with Gasteiger partial charge in [0, 0.05) is 49.8 Å². The fraction of sp³-hybridized carbons (Fsp3) is 0.508. The molecule has 2 heterocycles. The molecule has 0 bridgehead atoms. The largest absolute Gasteiger partial charge is 0.496 e. The lowest BCUT2D eigenvalue weighted by Crippen LogP contribution is -2.70. The third-order valence-electron chi connectivity index (χ3n) is 15.9.